The molecule has 0 radical (unpaired) electrons. The van der Waals surface area contributed by atoms with Crippen LogP contribution in [0.5, 0.6) is 5.75 Å². The van der Waals surface area contributed by atoms with E-state index in [2.05, 4.69) is 5.32 Å². The molecule has 2 rings (SSSR count). The van der Waals surface area contributed by atoms with Gasteiger partial charge in [0, 0.05) is 0 Å². The number of amides is 1. The molecule has 0 fully saturated rings. The summed E-state index contributed by atoms with van der Waals surface area (Å²) in [6.45, 7) is 5.32. The second kappa shape index (κ2) is 8.03. The number of carbonyl (C=O) groups excluding carboxylic acids is 1. The second-order valence-corrected chi connectivity index (χ2v) is 6.43. The summed E-state index contributed by atoms with van der Waals surface area (Å²) in [7, 11) is 0. The molecule has 26 heavy (non-hydrogen) atoms. The first-order valence-electron chi connectivity index (χ1n) is 8.52. The van der Waals surface area contributed by atoms with E-state index in [1.165, 1.54) is 0 Å². The van der Waals surface area contributed by atoms with Crippen molar-refractivity contribution in [2.45, 2.75) is 52.5 Å². The zero-order valence-corrected chi connectivity index (χ0v) is 15.1. The third-order valence-electron chi connectivity index (χ3n) is 4.32. The Morgan fingerprint density at radius 3 is 2.58 bits per heavy atom. The number of fused-ring (bicyclic) bond motifs is 1. The lowest BCUT2D eigenvalue weighted by Crippen LogP contribution is -2.42. The molecule has 1 atom stereocenters. The third kappa shape index (κ3) is 4.22. The van der Waals surface area contributed by atoms with Crippen LogP contribution in [0.4, 0.5) is 0 Å². The number of unbranched alkanes of at least 4 members (excludes halogenated alkanes) is 1. The molecule has 1 aromatic heterocycles. The minimum absolute atomic E-state index is 0.0331. The lowest BCUT2D eigenvalue weighted by atomic mass is 10.0. The van der Waals surface area contributed by atoms with Gasteiger partial charge >= 0.3 is 11.6 Å². The molecule has 1 heterocycles. The second-order valence-electron chi connectivity index (χ2n) is 6.43. The molecule has 0 aliphatic carbocycles. The van der Waals surface area contributed by atoms with Gasteiger partial charge in [0.1, 0.15) is 17.4 Å². The minimum Gasteiger partial charge on any atom is -0.507 e. The van der Waals surface area contributed by atoms with Crippen molar-refractivity contribution in [1.82, 2.24) is 5.32 Å². The molecule has 0 spiro atoms. The van der Waals surface area contributed by atoms with E-state index in [4.69, 9.17) is 4.42 Å². The van der Waals surface area contributed by atoms with E-state index in [1.54, 1.807) is 26.0 Å². The minimum atomic E-state index is -1.11. The van der Waals surface area contributed by atoms with E-state index in [1.807, 2.05) is 6.92 Å². The number of nitrogens with one attached hydrogen (secondary N) is 1. The van der Waals surface area contributed by atoms with Crippen molar-refractivity contribution in [3.63, 3.8) is 0 Å². The standard InChI is InChI=1S/C19H23NO6/c1-4-5-6-13(18(23)24)20-16(22)9-12-11(3)17-14(21)7-10(2)8-15(17)26-19(12)25/h7-8,13,21H,4-6,9H2,1-3H3,(H,20,22)(H,23,24). The van der Waals surface area contributed by atoms with E-state index in [9.17, 15) is 24.6 Å². The number of aromatic hydroxyl groups is 1. The Balaban J connectivity index is 2.31. The summed E-state index contributed by atoms with van der Waals surface area (Å²) in [5, 5.41) is 22.2. The van der Waals surface area contributed by atoms with E-state index >= 15 is 0 Å². The van der Waals surface area contributed by atoms with Crippen LogP contribution in [0.2, 0.25) is 0 Å². The Bertz CT molecular complexity index is 899. The van der Waals surface area contributed by atoms with Gasteiger partial charge in [0.2, 0.25) is 5.91 Å². The molecule has 0 aliphatic heterocycles. The quantitative estimate of drug-likeness (QED) is 0.652. The fourth-order valence-electron chi connectivity index (χ4n) is 2.93. The Kier molecular flexibility index (Phi) is 6.02. The fourth-order valence-corrected chi connectivity index (χ4v) is 2.93. The van der Waals surface area contributed by atoms with Gasteiger partial charge in [0.05, 0.1) is 17.4 Å². The first-order valence-corrected chi connectivity index (χ1v) is 8.52. The summed E-state index contributed by atoms with van der Waals surface area (Å²) in [6, 6.07) is 2.19. The molecule has 3 N–H and O–H groups in total. The Morgan fingerprint density at radius 1 is 1.27 bits per heavy atom. The highest BCUT2D eigenvalue weighted by Crippen LogP contribution is 2.29. The van der Waals surface area contributed by atoms with Gasteiger partial charge in [-0.3, -0.25) is 4.79 Å². The first kappa shape index (κ1) is 19.5. The van der Waals surface area contributed by atoms with E-state index < -0.39 is 23.5 Å². The Morgan fingerprint density at radius 2 is 1.96 bits per heavy atom. The number of hydrogen-bond acceptors (Lipinski definition) is 5. The Labute approximate surface area is 150 Å². The first-order chi connectivity index (χ1) is 12.2. The van der Waals surface area contributed by atoms with Crippen molar-refractivity contribution in [3.8, 4) is 5.75 Å². The summed E-state index contributed by atoms with van der Waals surface area (Å²) in [5.41, 5.74) is 0.873. The smallest absolute Gasteiger partial charge is 0.340 e. The Hall–Kier alpha value is -2.83. The third-order valence-corrected chi connectivity index (χ3v) is 4.32. The summed E-state index contributed by atoms with van der Waals surface area (Å²) in [4.78, 5) is 35.8. The molecule has 7 nitrogen and oxygen atoms in total. The van der Waals surface area contributed by atoms with Crippen LogP contribution in [0.1, 0.15) is 42.9 Å². The summed E-state index contributed by atoms with van der Waals surface area (Å²) in [6.07, 6.45) is 1.49. The average molecular weight is 361 g/mol. The van der Waals surface area contributed by atoms with Crippen LogP contribution in [-0.2, 0) is 16.0 Å². The number of carboxylic acid groups (broad SMARTS) is 1. The number of benzene rings is 1. The molecule has 0 bridgehead atoms. The van der Waals surface area contributed by atoms with Gasteiger partial charge in [-0.1, -0.05) is 19.8 Å². The van der Waals surface area contributed by atoms with Crippen molar-refractivity contribution >= 4 is 22.8 Å². The monoisotopic (exact) mass is 361 g/mol. The number of aryl methyl sites for hydroxylation is 2. The molecule has 0 saturated heterocycles. The average Bonchev–Trinajstić information content (AvgIpc) is 2.54. The van der Waals surface area contributed by atoms with Gasteiger partial charge in [-0.2, -0.15) is 0 Å². The number of hydrogen-bond donors (Lipinski definition) is 3. The number of carbonyl (C=O) groups is 2. The van der Waals surface area contributed by atoms with Gasteiger partial charge in [-0.15, -0.1) is 0 Å². The van der Waals surface area contributed by atoms with Crippen molar-refractivity contribution in [3.05, 3.63) is 39.2 Å². The van der Waals surface area contributed by atoms with Crippen molar-refractivity contribution in [1.29, 1.82) is 0 Å². The van der Waals surface area contributed by atoms with Crippen LogP contribution >= 0.6 is 0 Å². The van der Waals surface area contributed by atoms with E-state index in [0.717, 1.165) is 12.0 Å². The number of phenols is 1. The number of phenolic OH excluding ortho intramolecular Hbond substituents is 1. The summed E-state index contributed by atoms with van der Waals surface area (Å²) < 4.78 is 5.24. The van der Waals surface area contributed by atoms with Crippen LogP contribution < -0.4 is 10.9 Å². The molecule has 2 aromatic rings. The number of carboxylic acids is 1. The molecule has 1 aromatic carbocycles. The highest BCUT2D eigenvalue weighted by Gasteiger charge is 2.22. The van der Waals surface area contributed by atoms with Gasteiger partial charge < -0.3 is 19.9 Å². The van der Waals surface area contributed by atoms with Gasteiger partial charge in [0.25, 0.3) is 0 Å². The maximum Gasteiger partial charge on any atom is 0.340 e. The maximum atomic E-state index is 12.3. The fraction of sp³-hybridized carbons (Fsp3) is 0.421. The van der Waals surface area contributed by atoms with Crippen molar-refractivity contribution in [2.75, 3.05) is 0 Å². The van der Waals surface area contributed by atoms with Crippen molar-refractivity contribution < 1.29 is 24.2 Å². The van der Waals surface area contributed by atoms with Gasteiger partial charge in [0.15, 0.2) is 0 Å². The molecule has 0 saturated carbocycles. The van der Waals surface area contributed by atoms with Crippen LogP contribution in [-0.4, -0.2) is 28.1 Å². The van der Waals surface area contributed by atoms with Crippen LogP contribution in [0.15, 0.2) is 21.3 Å². The molecule has 1 amide bonds. The summed E-state index contributed by atoms with van der Waals surface area (Å²) >= 11 is 0. The van der Waals surface area contributed by atoms with Crippen LogP contribution in [0.3, 0.4) is 0 Å². The zero-order chi connectivity index (χ0) is 19.4. The van der Waals surface area contributed by atoms with Gasteiger partial charge in [-0.05, 0) is 43.5 Å². The number of aliphatic carboxylic acids is 1. The predicted molar refractivity (Wildman–Crippen MR) is 96.4 cm³/mol. The molecule has 1 unspecified atom stereocenters. The normalized spacial score (nSPS) is 12.1. The lowest BCUT2D eigenvalue weighted by Gasteiger charge is -2.15. The zero-order valence-electron chi connectivity index (χ0n) is 15.1. The molecule has 7 heteroatoms. The lowest BCUT2D eigenvalue weighted by molar-refractivity contribution is -0.142. The van der Waals surface area contributed by atoms with E-state index in [-0.39, 0.29) is 23.3 Å². The highest BCUT2D eigenvalue weighted by atomic mass is 16.4. The number of rotatable bonds is 7. The summed E-state index contributed by atoms with van der Waals surface area (Å²) in [5.74, 6) is -1.72. The topological polar surface area (TPSA) is 117 Å². The largest absolute Gasteiger partial charge is 0.507 e. The molecular formula is C19H23NO6. The predicted octanol–water partition coefficient (Wildman–Crippen LogP) is 2.42. The van der Waals surface area contributed by atoms with Crippen LogP contribution in [0.25, 0.3) is 11.0 Å². The SMILES string of the molecule is CCCCC(NC(=O)Cc1c(C)c2c(O)cc(C)cc2oc1=O)C(=O)O. The molecule has 140 valence electrons. The van der Waals surface area contributed by atoms with Crippen LogP contribution in [0, 0.1) is 13.8 Å². The highest BCUT2D eigenvalue weighted by molar-refractivity contribution is 5.90. The van der Waals surface area contributed by atoms with Gasteiger partial charge in [-0.25, -0.2) is 9.59 Å². The molecule has 0 aliphatic rings. The van der Waals surface area contributed by atoms with Crippen molar-refractivity contribution in [2.24, 2.45) is 0 Å². The van der Waals surface area contributed by atoms with E-state index in [0.29, 0.717) is 23.8 Å². The maximum absolute atomic E-state index is 12.3. The molecular weight excluding hydrogens is 338 g/mol.